The number of carbonyl (C=O) groups excluding carboxylic acids is 1. The molecule has 1 aromatic rings. The number of nitrogens with two attached hydrogens (primary N) is 1. The summed E-state index contributed by atoms with van der Waals surface area (Å²) in [5.74, 6) is -0.566. The SMILES string of the molecule is CC1(/C(N)=N/O)CCN(C(=O)c2ccc(F)c(Cl)c2)CC1. The van der Waals surface area contributed by atoms with Gasteiger partial charge in [0.1, 0.15) is 11.7 Å². The maximum Gasteiger partial charge on any atom is 0.253 e. The highest BCUT2D eigenvalue weighted by Gasteiger charge is 2.35. The average molecular weight is 314 g/mol. The molecule has 21 heavy (non-hydrogen) atoms. The van der Waals surface area contributed by atoms with Gasteiger partial charge in [-0.05, 0) is 31.0 Å². The van der Waals surface area contributed by atoms with Gasteiger partial charge in [-0.2, -0.15) is 0 Å². The zero-order chi connectivity index (χ0) is 15.6. The highest BCUT2D eigenvalue weighted by Crippen LogP contribution is 2.31. The van der Waals surface area contributed by atoms with Gasteiger partial charge >= 0.3 is 0 Å². The zero-order valence-electron chi connectivity index (χ0n) is 11.6. The van der Waals surface area contributed by atoms with Crippen molar-refractivity contribution >= 4 is 23.3 Å². The lowest BCUT2D eigenvalue weighted by Crippen LogP contribution is -2.47. The van der Waals surface area contributed by atoms with Crippen LogP contribution < -0.4 is 5.73 Å². The molecule has 0 aromatic heterocycles. The van der Waals surface area contributed by atoms with E-state index >= 15 is 0 Å². The van der Waals surface area contributed by atoms with Gasteiger partial charge in [-0.1, -0.05) is 23.7 Å². The van der Waals surface area contributed by atoms with Gasteiger partial charge in [0.05, 0.1) is 5.02 Å². The Kier molecular flexibility index (Phi) is 4.37. The molecule has 5 nitrogen and oxygen atoms in total. The lowest BCUT2D eigenvalue weighted by molar-refractivity contribution is 0.0666. The number of amidine groups is 1. The number of benzene rings is 1. The number of nitrogens with zero attached hydrogens (tertiary/aromatic N) is 2. The molecule has 0 aliphatic carbocycles. The normalized spacial score (nSPS) is 18.6. The van der Waals surface area contributed by atoms with E-state index in [-0.39, 0.29) is 16.8 Å². The van der Waals surface area contributed by atoms with Crippen LogP contribution in [0.2, 0.25) is 5.02 Å². The first-order chi connectivity index (χ1) is 9.87. The van der Waals surface area contributed by atoms with Gasteiger partial charge in [0.2, 0.25) is 0 Å². The molecule has 3 N–H and O–H groups in total. The van der Waals surface area contributed by atoms with Crippen molar-refractivity contribution in [2.45, 2.75) is 19.8 Å². The molecular weight excluding hydrogens is 297 g/mol. The smallest absolute Gasteiger partial charge is 0.253 e. The zero-order valence-corrected chi connectivity index (χ0v) is 12.4. The van der Waals surface area contributed by atoms with Gasteiger partial charge in [-0.15, -0.1) is 0 Å². The van der Waals surface area contributed by atoms with Crippen LogP contribution in [0, 0.1) is 11.2 Å². The van der Waals surface area contributed by atoms with Crippen LogP contribution in [0.3, 0.4) is 0 Å². The summed E-state index contributed by atoms with van der Waals surface area (Å²) in [7, 11) is 0. The molecule has 0 spiro atoms. The lowest BCUT2D eigenvalue weighted by Gasteiger charge is -2.38. The molecule has 0 radical (unpaired) electrons. The van der Waals surface area contributed by atoms with Gasteiger partial charge in [-0.25, -0.2) is 4.39 Å². The molecule has 0 unspecified atom stereocenters. The van der Waals surface area contributed by atoms with Crippen LogP contribution in [0.15, 0.2) is 23.4 Å². The molecule has 1 aliphatic heterocycles. The first-order valence-electron chi connectivity index (χ1n) is 6.60. The summed E-state index contributed by atoms with van der Waals surface area (Å²) < 4.78 is 13.1. The third-order valence-corrected chi connectivity index (χ3v) is 4.34. The number of rotatable bonds is 2. The summed E-state index contributed by atoms with van der Waals surface area (Å²) in [5.41, 5.74) is 5.63. The van der Waals surface area contributed by atoms with E-state index in [9.17, 15) is 9.18 Å². The number of amides is 1. The fourth-order valence-electron chi connectivity index (χ4n) is 2.39. The molecule has 1 aliphatic rings. The Bertz CT molecular complexity index is 584. The monoisotopic (exact) mass is 313 g/mol. The topological polar surface area (TPSA) is 78.9 Å². The van der Waals surface area contributed by atoms with E-state index in [0.29, 0.717) is 31.5 Å². The second kappa shape index (κ2) is 5.89. The summed E-state index contributed by atoms with van der Waals surface area (Å²) >= 11 is 5.70. The average Bonchev–Trinajstić information content (AvgIpc) is 2.49. The van der Waals surface area contributed by atoms with Crippen molar-refractivity contribution < 1.29 is 14.4 Å². The number of carbonyl (C=O) groups is 1. The van der Waals surface area contributed by atoms with E-state index in [4.69, 9.17) is 22.5 Å². The quantitative estimate of drug-likeness (QED) is 0.381. The maximum absolute atomic E-state index is 13.1. The van der Waals surface area contributed by atoms with Crippen molar-refractivity contribution in [1.82, 2.24) is 4.90 Å². The van der Waals surface area contributed by atoms with Crippen molar-refractivity contribution in [2.75, 3.05) is 13.1 Å². The number of piperidine rings is 1. The van der Waals surface area contributed by atoms with Crippen LogP contribution in [0.5, 0.6) is 0 Å². The Morgan fingerprint density at radius 2 is 2.10 bits per heavy atom. The van der Waals surface area contributed by atoms with Crippen LogP contribution in [0.4, 0.5) is 4.39 Å². The van der Waals surface area contributed by atoms with Crippen molar-refractivity contribution in [3.63, 3.8) is 0 Å². The maximum atomic E-state index is 13.1. The molecule has 2 rings (SSSR count). The van der Waals surface area contributed by atoms with E-state index in [1.807, 2.05) is 6.92 Å². The number of halogens is 2. The molecule has 0 saturated carbocycles. The molecule has 0 atom stereocenters. The molecule has 114 valence electrons. The van der Waals surface area contributed by atoms with E-state index in [1.165, 1.54) is 18.2 Å². The fourth-order valence-corrected chi connectivity index (χ4v) is 2.57. The predicted octanol–water partition coefficient (Wildman–Crippen LogP) is 2.47. The second-order valence-corrected chi connectivity index (χ2v) is 5.87. The van der Waals surface area contributed by atoms with Crippen molar-refractivity contribution in [1.29, 1.82) is 0 Å². The van der Waals surface area contributed by atoms with Crippen LogP contribution >= 0.6 is 11.6 Å². The molecule has 0 bridgehead atoms. The van der Waals surface area contributed by atoms with E-state index in [2.05, 4.69) is 5.16 Å². The highest BCUT2D eigenvalue weighted by atomic mass is 35.5. The number of oxime groups is 1. The molecule has 1 aromatic carbocycles. The largest absolute Gasteiger partial charge is 0.409 e. The number of likely N-dealkylation sites (tertiary alicyclic amines) is 1. The van der Waals surface area contributed by atoms with Gasteiger partial charge < -0.3 is 15.8 Å². The molecule has 1 saturated heterocycles. The molecule has 1 heterocycles. The lowest BCUT2D eigenvalue weighted by atomic mass is 9.79. The van der Waals surface area contributed by atoms with E-state index in [1.54, 1.807) is 4.90 Å². The van der Waals surface area contributed by atoms with Crippen LogP contribution in [-0.4, -0.2) is 34.9 Å². The fraction of sp³-hybridized carbons (Fsp3) is 0.429. The molecular formula is C14H17ClFN3O2. The third-order valence-electron chi connectivity index (χ3n) is 4.05. The molecule has 1 fully saturated rings. The third kappa shape index (κ3) is 3.10. The summed E-state index contributed by atoms with van der Waals surface area (Å²) in [6.45, 7) is 2.87. The van der Waals surface area contributed by atoms with Crippen LogP contribution in [0.1, 0.15) is 30.1 Å². The van der Waals surface area contributed by atoms with Crippen molar-refractivity contribution in [3.05, 3.63) is 34.6 Å². The van der Waals surface area contributed by atoms with Crippen molar-refractivity contribution in [3.8, 4) is 0 Å². The summed E-state index contributed by atoms with van der Waals surface area (Å²) in [4.78, 5) is 14.0. The van der Waals surface area contributed by atoms with Gasteiger partial charge in [-0.3, -0.25) is 4.79 Å². The number of hydrogen-bond acceptors (Lipinski definition) is 3. The standard InChI is InChI=1S/C14H17ClFN3O2/c1-14(13(17)18-21)4-6-19(7-5-14)12(20)9-2-3-11(16)10(15)8-9/h2-3,8,21H,4-7H2,1H3,(H2,17,18). The van der Waals surface area contributed by atoms with E-state index in [0.717, 1.165) is 0 Å². The Hall–Kier alpha value is -1.82. The first-order valence-corrected chi connectivity index (χ1v) is 6.97. The Morgan fingerprint density at radius 3 is 2.62 bits per heavy atom. The van der Waals surface area contributed by atoms with E-state index < -0.39 is 11.2 Å². The van der Waals surface area contributed by atoms with Gasteiger partial charge in [0.15, 0.2) is 0 Å². The van der Waals surface area contributed by atoms with Crippen molar-refractivity contribution in [2.24, 2.45) is 16.3 Å². The minimum absolute atomic E-state index is 0.0700. The summed E-state index contributed by atoms with van der Waals surface area (Å²) in [6.07, 6.45) is 1.20. The summed E-state index contributed by atoms with van der Waals surface area (Å²) in [5, 5.41) is 11.8. The Labute approximate surface area is 127 Å². The molecule has 7 heteroatoms. The Balaban J connectivity index is 2.08. The highest BCUT2D eigenvalue weighted by molar-refractivity contribution is 6.31. The minimum atomic E-state index is -0.550. The van der Waals surface area contributed by atoms with Crippen LogP contribution in [0.25, 0.3) is 0 Å². The number of hydrogen-bond donors (Lipinski definition) is 2. The first kappa shape index (κ1) is 15.6. The molecule has 1 amide bonds. The van der Waals surface area contributed by atoms with Gasteiger partial charge in [0.25, 0.3) is 5.91 Å². The Morgan fingerprint density at radius 1 is 1.48 bits per heavy atom. The minimum Gasteiger partial charge on any atom is -0.409 e. The predicted molar refractivity (Wildman–Crippen MR) is 78.1 cm³/mol. The van der Waals surface area contributed by atoms with Gasteiger partial charge in [0, 0.05) is 24.1 Å². The second-order valence-electron chi connectivity index (χ2n) is 5.47. The summed E-state index contributed by atoms with van der Waals surface area (Å²) in [6, 6.07) is 3.93. The van der Waals surface area contributed by atoms with Crippen LogP contribution in [-0.2, 0) is 0 Å².